The molecule has 0 saturated carbocycles. The Hall–Kier alpha value is -6.64. The Kier molecular flexibility index (Phi) is 40.5. The lowest BCUT2D eigenvalue weighted by Gasteiger charge is -2.24. The number of benzene rings is 6. The van der Waals surface area contributed by atoms with Crippen LogP contribution in [-0.2, 0) is 6.42 Å². The Labute approximate surface area is 493 Å². The van der Waals surface area contributed by atoms with Gasteiger partial charge in [-0.2, -0.15) is 0 Å². The normalized spacial score (nSPS) is 10.9. The number of rotatable bonds is 20. The van der Waals surface area contributed by atoms with Gasteiger partial charge >= 0.3 is 0 Å². The fraction of sp³-hybridized carbons (Fsp3) is 0.385. The lowest BCUT2D eigenvalue weighted by atomic mass is 9.82. The van der Waals surface area contributed by atoms with Crippen LogP contribution >= 0.6 is 0 Å². The Morgan fingerprint density at radius 3 is 1.07 bits per heavy atom. The molecule has 4 N–H and O–H groups in total. The first-order chi connectivity index (χ1) is 38.1. The third-order valence-corrected chi connectivity index (χ3v) is 14.8. The zero-order valence-corrected chi connectivity index (χ0v) is 53.4. The molecule has 0 amide bonds. The van der Waals surface area contributed by atoms with Crippen molar-refractivity contribution >= 4 is 11.4 Å². The van der Waals surface area contributed by atoms with Crippen LogP contribution in [0.3, 0.4) is 0 Å². The van der Waals surface area contributed by atoms with Crippen LogP contribution in [-0.4, -0.2) is 0 Å². The molecule has 2 nitrogen and oxygen atoms in total. The van der Waals surface area contributed by atoms with Crippen LogP contribution in [0.4, 0.5) is 0 Å². The molecule has 80 heavy (non-hydrogen) atoms. The molecule has 0 aliphatic heterocycles. The molecule has 6 rings (SSSR count). The zero-order valence-electron chi connectivity index (χ0n) is 53.4. The molecular formula is C78H112N2. The van der Waals surface area contributed by atoms with Crippen molar-refractivity contribution in [3.05, 3.63) is 275 Å². The number of allylic oxidation sites excluding steroid dienone is 5. The van der Waals surface area contributed by atoms with E-state index in [0.29, 0.717) is 11.4 Å². The molecule has 0 heterocycles. The van der Waals surface area contributed by atoms with E-state index in [9.17, 15) is 0 Å². The van der Waals surface area contributed by atoms with Gasteiger partial charge in [-0.15, -0.1) is 0 Å². The predicted octanol–water partition coefficient (Wildman–Crippen LogP) is 22.7. The second-order valence-electron chi connectivity index (χ2n) is 21.7. The van der Waals surface area contributed by atoms with Gasteiger partial charge in [0.05, 0.1) is 0 Å². The maximum Gasteiger partial charge on any atom is 0.0317 e. The van der Waals surface area contributed by atoms with Crippen LogP contribution in [0.1, 0.15) is 179 Å². The van der Waals surface area contributed by atoms with Gasteiger partial charge in [0, 0.05) is 17.0 Å². The highest BCUT2D eigenvalue weighted by molar-refractivity contribution is 5.65. The number of hydrogen-bond acceptors (Lipinski definition) is 2. The summed E-state index contributed by atoms with van der Waals surface area (Å²) in [5, 5.41) is 0. The number of aryl methyl sites for hydroxylation is 8. The fourth-order valence-electron chi connectivity index (χ4n) is 9.48. The molecule has 434 valence electrons. The minimum absolute atomic E-state index is 0.640. The first-order valence-corrected chi connectivity index (χ1v) is 29.9. The quantitative estimate of drug-likeness (QED) is 0.0749. The van der Waals surface area contributed by atoms with E-state index in [1.54, 1.807) is 0 Å². The Morgan fingerprint density at radius 1 is 0.412 bits per heavy atom. The van der Waals surface area contributed by atoms with Crippen molar-refractivity contribution in [2.24, 2.45) is 35.1 Å². The molecule has 6 aromatic carbocycles. The average molecular weight is 1080 g/mol. The van der Waals surface area contributed by atoms with Gasteiger partial charge in [-0.05, 0) is 152 Å². The second-order valence-corrected chi connectivity index (χ2v) is 21.7. The summed E-state index contributed by atoms with van der Waals surface area (Å²) in [4.78, 5) is 0. The Bertz CT molecular complexity index is 2560. The highest BCUT2D eigenvalue weighted by atomic mass is 14.6. The van der Waals surface area contributed by atoms with Gasteiger partial charge in [0.15, 0.2) is 0 Å². The van der Waals surface area contributed by atoms with Gasteiger partial charge in [-0.1, -0.05) is 315 Å². The molecule has 0 saturated heterocycles. The predicted molar refractivity (Wildman–Crippen MR) is 363 cm³/mol. The maximum absolute atomic E-state index is 5.87. The van der Waals surface area contributed by atoms with E-state index >= 15 is 0 Å². The molecular weight excluding hydrogens is 965 g/mol. The van der Waals surface area contributed by atoms with Crippen molar-refractivity contribution < 1.29 is 0 Å². The Balaban J connectivity index is 0.000000933. The standard InChI is InChI=1S/C17H19N.C15H28.C14H26.C10H13N.C8H10.2C7H8/c1-12-4-7-15(8-5-12)11-16-9-6-13(2)10-17(16)14(3)18;1-6-10-13(5)11-12-15(9-4)14(7-2)8-3;1-6-12(5)10-11-14(9-4)13(7-2)8-3;1-7-4-5-8(2)10(6-7)9(3)11;1-7-3-5-8(2)6-4-7;2*1-7-5-3-2-4-6-7/h4-10H,3,11,18H2,1-2H3;6,10,14-15H,5,7-9,11-12H2,1-4H3;6,13-14H,1,5,7-11H2,2-4H3;4-6H,3,11H2,1-2H3;3-6H,1-2H3;2*2-6H,1H3/b;10-6+;;;;;. The van der Waals surface area contributed by atoms with Gasteiger partial charge in [0.2, 0.25) is 0 Å². The fourth-order valence-corrected chi connectivity index (χ4v) is 9.48. The summed E-state index contributed by atoms with van der Waals surface area (Å²) >= 11 is 0. The van der Waals surface area contributed by atoms with E-state index in [0.717, 1.165) is 47.6 Å². The zero-order chi connectivity index (χ0) is 60.4. The lowest BCUT2D eigenvalue weighted by Crippen LogP contribution is -2.12. The molecule has 0 spiro atoms. The summed E-state index contributed by atoms with van der Waals surface area (Å²) in [5.41, 5.74) is 30.1. The number of hydrogen-bond donors (Lipinski definition) is 2. The summed E-state index contributed by atoms with van der Waals surface area (Å²) < 4.78 is 0. The first kappa shape index (κ1) is 73.4. The van der Waals surface area contributed by atoms with Gasteiger partial charge < -0.3 is 11.5 Å². The first-order valence-electron chi connectivity index (χ1n) is 29.9. The second kappa shape index (κ2) is 44.1. The third kappa shape index (κ3) is 33.7. The van der Waals surface area contributed by atoms with Gasteiger partial charge in [0.25, 0.3) is 0 Å². The molecule has 2 atom stereocenters. The molecule has 0 bridgehead atoms. The summed E-state index contributed by atoms with van der Waals surface area (Å²) in [7, 11) is 0. The van der Waals surface area contributed by atoms with Crippen molar-refractivity contribution in [3.8, 4) is 0 Å². The molecule has 0 fully saturated rings. The highest BCUT2D eigenvalue weighted by Crippen LogP contribution is 2.29. The van der Waals surface area contributed by atoms with Crippen molar-refractivity contribution in [2.75, 3.05) is 0 Å². The van der Waals surface area contributed by atoms with Gasteiger partial charge in [-0.3, -0.25) is 0 Å². The van der Waals surface area contributed by atoms with Crippen molar-refractivity contribution in [2.45, 2.75) is 174 Å². The van der Waals surface area contributed by atoms with E-state index in [1.807, 2.05) is 56.3 Å². The van der Waals surface area contributed by atoms with Crippen LogP contribution in [0, 0.1) is 79.1 Å². The SMILES string of the molecule is C=C(/C=C/C)CCC(CC)C(CC)CC.C=C(N)c1cc(C)ccc1C.C=C(N)c1cc(C)ccc1Cc1ccc(C)cc1.C=CC(=C)CCC(CC)C(CC)CC.Cc1ccc(C)cc1.Cc1ccccc1.Cc1ccccc1. The average Bonchev–Trinajstić information content (AvgIpc) is 3.45. The molecule has 0 aromatic heterocycles. The van der Waals surface area contributed by atoms with Crippen molar-refractivity contribution in [1.29, 1.82) is 0 Å². The molecule has 0 aliphatic rings. The monoisotopic (exact) mass is 1080 g/mol. The summed E-state index contributed by atoms with van der Waals surface area (Å²) in [6.45, 7) is 51.9. The smallest absolute Gasteiger partial charge is 0.0317 e. The van der Waals surface area contributed by atoms with Crippen LogP contribution < -0.4 is 11.5 Å². The third-order valence-electron chi connectivity index (χ3n) is 14.8. The molecule has 2 heteroatoms. The summed E-state index contributed by atoms with van der Waals surface area (Å²) in [5.74, 6) is 3.58. The van der Waals surface area contributed by atoms with Crippen LogP contribution in [0.5, 0.6) is 0 Å². The minimum Gasteiger partial charge on any atom is -0.399 e. The van der Waals surface area contributed by atoms with E-state index in [4.69, 9.17) is 11.5 Å². The largest absolute Gasteiger partial charge is 0.399 e. The van der Waals surface area contributed by atoms with E-state index < -0.39 is 0 Å². The minimum atomic E-state index is 0.640. The summed E-state index contributed by atoms with van der Waals surface area (Å²) in [6, 6.07) is 50.2. The maximum atomic E-state index is 5.87. The lowest BCUT2D eigenvalue weighted by molar-refractivity contribution is 0.287. The van der Waals surface area contributed by atoms with Crippen molar-refractivity contribution in [3.63, 3.8) is 0 Å². The molecule has 0 aliphatic carbocycles. The van der Waals surface area contributed by atoms with Gasteiger partial charge in [-0.25, -0.2) is 0 Å². The molecule has 2 unspecified atom stereocenters. The number of nitrogens with two attached hydrogens (primary N) is 2. The highest BCUT2D eigenvalue weighted by Gasteiger charge is 2.17. The van der Waals surface area contributed by atoms with E-state index in [1.165, 1.54) is 125 Å². The molecule has 0 radical (unpaired) electrons. The topological polar surface area (TPSA) is 52.0 Å². The van der Waals surface area contributed by atoms with E-state index in [-0.39, 0.29) is 0 Å². The van der Waals surface area contributed by atoms with E-state index in [2.05, 4.69) is 244 Å². The van der Waals surface area contributed by atoms with Crippen LogP contribution in [0.25, 0.3) is 11.4 Å². The Morgan fingerprint density at radius 2 is 0.750 bits per heavy atom. The molecule has 6 aromatic rings. The van der Waals surface area contributed by atoms with Gasteiger partial charge in [0.1, 0.15) is 0 Å². The van der Waals surface area contributed by atoms with Crippen LogP contribution in [0.2, 0.25) is 0 Å². The van der Waals surface area contributed by atoms with Crippen LogP contribution in [0.15, 0.2) is 208 Å². The summed E-state index contributed by atoms with van der Waals surface area (Å²) in [6.07, 6.45) is 19.8. The van der Waals surface area contributed by atoms with Crippen molar-refractivity contribution in [1.82, 2.24) is 0 Å².